The topological polar surface area (TPSA) is 65.5 Å². The summed E-state index contributed by atoms with van der Waals surface area (Å²) in [5, 5.41) is 14.0. The van der Waals surface area contributed by atoms with Gasteiger partial charge in [0, 0.05) is 17.6 Å². The average molecular weight is 347 g/mol. The van der Waals surface area contributed by atoms with Gasteiger partial charge in [0.2, 0.25) is 0 Å². The number of aromatic nitrogens is 1. The van der Waals surface area contributed by atoms with Crippen LogP contribution >= 0.6 is 11.3 Å². The summed E-state index contributed by atoms with van der Waals surface area (Å²) in [7, 11) is 0. The normalized spacial score (nSPS) is 12.7. The van der Waals surface area contributed by atoms with E-state index >= 15 is 0 Å². The molecular formula is C18H25N3O2S. The van der Waals surface area contributed by atoms with Crippen LogP contribution in [-0.4, -0.2) is 33.2 Å². The monoisotopic (exact) mass is 347 g/mol. The third-order valence-electron chi connectivity index (χ3n) is 3.43. The number of aliphatic hydroxyl groups is 1. The standard InChI is InChI=1S/C18H25N3O2S/c1-13-10-19-16(24-13)14(2)20-17(22)21(12-18(3,4)23)11-15-8-6-5-7-9-15/h5-10,14,23H,11-12H2,1-4H3,(H,20,22)/t14-/m0/s1. The van der Waals surface area contributed by atoms with Crippen LogP contribution < -0.4 is 5.32 Å². The first kappa shape index (κ1) is 18.4. The molecule has 0 unspecified atom stereocenters. The zero-order valence-corrected chi connectivity index (χ0v) is 15.4. The van der Waals surface area contributed by atoms with Gasteiger partial charge in [0.15, 0.2) is 0 Å². The van der Waals surface area contributed by atoms with E-state index in [0.717, 1.165) is 15.4 Å². The molecule has 6 heteroatoms. The predicted molar refractivity (Wildman–Crippen MR) is 96.9 cm³/mol. The molecule has 2 aromatic rings. The maximum absolute atomic E-state index is 12.7. The van der Waals surface area contributed by atoms with Gasteiger partial charge in [-0.1, -0.05) is 30.3 Å². The molecule has 0 radical (unpaired) electrons. The third kappa shape index (κ3) is 5.62. The lowest BCUT2D eigenvalue weighted by molar-refractivity contribution is 0.0443. The molecule has 2 amide bonds. The lowest BCUT2D eigenvalue weighted by Crippen LogP contribution is -2.47. The van der Waals surface area contributed by atoms with Crippen molar-refractivity contribution in [2.75, 3.05) is 6.54 Å². The number of amides is 2. The molecular weight excluding hydrogens is 322 g/mol. The maximum Gasteiger partial charge on any atom is 0.318 e. The molecule has 1 aromatic heterocycles. The number of nitrogens with zero attached hydrogens (tertiary/aromatic N) is 2. The second-order valence-corrected chi connectivity index (χ2v) is 7.90. The largest absolute Gasteiger partial charge is 0.389 e. The Labute approximate surface area is 147 Å². The summed E-state index contributed by atoms with van der Waals surface area (Å²) in [6.07, 6.45) is 1.81. The van der Waals surface area contributed by atoms with E-state index in [1.54, 1.807) is 36.3 Å². The number of hydrogen-bond donors (Lipinski definition) is 2. The second-order valence-electron chi connectivity index (χ2n) is 6.63. The van der Waals surface area contributed by atoms with E-state index in [-0.39, 0.29) is 18.6 Å². The van der Waals surface area contributed by atoms with Crippen LogP contribution in [0.2, 0.25) is 0 Å². The van der Waals surface area contributed by atoms with Crippen molar-refractivity contribution < 1.29 is 9.90 Å². The highest BCUT2D eigenvalue weighted by atomic mass is 32.1. The first-order valence-corrected chi connectivity index (χ1v) is 8.80. The molecule has 1 atom stereocenters. The van der Waals surface area contributed by atoms with Crippen molar-refractivity contribution in [2.45, 2.75) is 45.9 Å². The summed E-state index contributed by atoms with van der Waals surface area (Å²) in [5.41, 5.74) is 0.0577. The fourth-order valence-corrected chi connectivity index (χ4v) is 3.16. The van der Waals surface area contributed by atoms with Crippen LogP contribution in [-0.2, 0) is 6.54 Å². The molecule has 0 saturated heterocycles. The zero-order chi connectivity index (χ0) is 17.7. The lowest BCUT2D eigenvalue weighted by Gasteiger charge is -2.30. The third-order valence-corrected chi connectivity index (χ3v) is 4.53. The Morgan fingerprint density at radius 1 is 1.38 bits per heavy atom. The van der Waals surface area contributed by atoms with Crippen LogP contribution in [0.25, 0.3) is 0 Å². The average Bonchev–Trinajstić information content (AvgIpc) is 2.93. The minimum atomic E-state index is -0.965. The Balaban J connectivity index is 2.08. The number of thiazole rings is 1. The van der Waals surface area contributed by atoms with Crippen molar-refractivity contribution >= 4 is 17.4 Å². The number of urea groups is 1. The van der Waals surface area contributed by atoms with Crippen molar-refractivity contribution in [1.29, 1.82) is 0 Å². The van der Waals surface area contributed by atoms with Crippen LogP contribution in [0.5, 0.6) is 0 Å². The van der Waals surface area contributed by atoms with Gasteiger partial charge in [-0.25, -0.2) is 9.78 Å². The van der Waals surface area contributed by atoms with E-state index < -0.39 is 5.60 Å². The summed E-state index contributed by atoms with van der Waals surface area (Å²) in [4.78, 5) is 19.8. The van der Waals surface area contributed by atoms with Crippen molar-refractivity contribution in [1.82, 2.24) is 15.2 Å². The second kappa shape index (κ2) is 7.77. The molecule has 0 saturated carbocycles. The van der Waals surface area contributed by atoms with Gasteiger partial charge in [-0.2, -0.15) is 0 Å². The smallest absolute Gasteiger partial charge is 0.318 e. The van der Waals surface area contributed by atoms with Crippen LogP contribution in [0, 0.1) is 6.92 Å². The van der Waals surface area contributed by atoms with E-state index in [2.05, 4.69) is 10.3 Å². The van der Waals surface area contributed by atoms with E-state index in [1.807, 2.05) is 44.2 Å². The van der Waals surface area contributed by atoms with Gasteiger partial charge in [0.25, 0.3) is 0 Å². The number of benzene rings is 1. The molecule has 5 nitrogen and oxygen atoms in total. The first-order chi connectivity index (χ1) is 11.2. The number of aryl methyl sites for hydroxylation is 1. The quantitative estimate of drug-likeness (QED) is 0.840. The number of nitrogens with one attached hydrogen (secondary N) is 1. The van der Waals surface area contributed by atoms with Crippen LogP contribution in [0.3, 0.4) is 0 Å². The van der Waals surface area contributed by atoms with Gasteiger partial charge < -0.3 is 15.3 Å². The number of carbonyl (C=O) groups excluding carboxylic acids is 1. The van der Waals surface area contributed by atoms with Gasteiger partial charge in [-0.15, -0.1) is 11.3 Å². The Hall–Kier alpha value is -1.92. The summed E-state index contributed by atoms with van der Waals surface area (Å²) in [5.74, 6) is 0. The SMILES string of the molecule is Cc1cnc([C@H](C)NC(=O)N(Cc2ccccc2)CC(C)(C)O)s1. The molecule has 0 fully saturated rings. The Morgan fingerprint density at radius 2 is 2.04 bits per heavy atom. The Kier molecular flexibility index (Phi) is 5.96. The molecule has 0 spiro atoms. The van der Waals surface area contributed by atoms with E-state index in [9.17, 15) is 9.90 Å². The highest BCUT2D eigenvalue weighted by Gasteiger charge is 2.24. The summed E-state index contributed by atoms with van der Waals surface area (Å²) in [6, 6.07) is 9.39. The van der Waals surface area contributed by atoms with Gasteiger partial charge >= 0.3 is 6.03 Å². The van der Waals surface area contributed by atoms with E-state index in [0.29, 0.717) is 6.54 Å². The first-order valence-electron chi connectivity index (χ1n) is 7.99. The van der Waals surface area contributed by atoms with E-state index in [1.165, 1.54) is 0 Å². The Morgan fingerprint density at radius 3 is 2.58 bits per heavy atom. The molecule has 130 valence electrons. The fourth-order valence-electron chi connectivity index (χ4n) is 2.38. The molecule has 0 aliphatic heterocycles. The highest BCUT2D eigenvalue weighted by molar-refractivity contribution is 7.11. The van der Waals surface area contributed by atoms with Gasteiger partial charge in [0.05, 0.1) is 18.2 Å². The molecule has 24 heavy (non-hydrogen) atoms. The molecule has 1 aromatic carbocycles. The minimum absolute atomic E-state index is 0.170. The fraction of sp³-hybridized carbons (Fsp3) is 0.444. The molecule has 2 N–H and O–H groups in total. The van der Waals surface area contributed by atoms with Crippen LogP contribution in [0.1, 0.15) is 42.3 Å². The predicted octanol–water partition coefficient (Wildman–Crippen LogP) is 3.50. The van der Waals surface area contributed by atoms with Crippen LogP contribution in [0.4, 0.5) is 4.79 Å². The van der Waals surface area contributed by atoms with Gasteiger partial charge in [-0.3, -0.25) is 0 Å². The number of carbonyl (C=O) groups is 1. The van der Waals surface area contributed by atoms with Crippen molar-refractivity contribution in [2.24, 2.45) is 0 Å². The summed E-state index contributed by atoms with van der Waals surface area (Å²) < 4.78 is 0. The van der Waals surface area contributed by atoms with Crippen LogP contribution in [0.15, 0.2) is 36.5 Å². The maximum atomic E-state index is 12.7. The number of rotatable bonds is 6. The lowest BCUT2D eigenvalue weighted by atomic mass is 10.1. The van der Waals surface area contributed by atoms with Crippen molar-refractivity contribution in [3.8, 4) is 0 Å². The minimum Gasteiger partial charge on any atom is -0.389 e. The molecule has 0 aliphatic carbocycles. The van der Waals surface area contributed by atoms with Crippen molar-refractivity contribution in [3.63, 3.8) is 0 Å². The molecule has 2 rings (SSSR count). The van der Waals surface area contributed by atoms with Crippen molar-refractivity contribution in [3.05, 3.63) is 52.0 Å². The van der Waals surface area contributed by atoms with Gasteiger partial charge in [0.1, 0.15) is 5.01 Å². The molecule has 0 bridgehead atoms. The van der Waals surface area contributed by atoms with Gasteiger partial charge in [-0.05, 0) is 33.3 Å². The zero-order valence-electron chi connectivity index (χ0n) is 14.6. The molecule has 0 aliphatic rings. The Bertz CT molecular complexity index is 664. The summed E-state index contributed by atoms with van der Waals surface area (Å²) >= 11 is 1.57. The molecule has 1 heterocycles. The number of hydrogen-bond acceptors (Lipinski definition) is 4. The highest BCUT2D eigenvalue weighted by Crippen LogP contribution is 2.20. The van der Waals surface area contributed by atoms with E-state index in [4.69, 9.17) is 0 Å². The summed E-state index contributed by atoms with van der Waals surface area (Å²) in [6.45, 7) is 8.00.